The molecule has 0 aliphatic rings. The Morgan fingerprint density at radius 2 is 2.50 bits per heavy atom. The van der Waals surface area contributed by atoms with E-state index in [9.17, 15) is 4.79 Å². The van der Waals surface area contributed by atoms with Crippen LogP contribution in [0.3, 0.4) is 0 Å². The number of nitrogens with zero attached hydrogens (tertiary/aromatic N) is 3. The van der Waals surface area contributed by atoms with Crippen LogP contribution in [0.4, 0.5) is 0 Å². The van der Waals surface area contributed by atoms with E-state index >= 15 is 0 Å². The van der Waals surface area contributed by atoms with Crippen LogP contribution in [0.1, 0.15) is 12.1 Å². The summed E-state index contributed by atoms with van der Waals surface area (Å²) >= 11 is 0. The number of aryl methyl sites for hydroxylation is 1. The Kier molecular flexibility index (Phi) is 5.02. The Bertz CT molecular complexity index is 379. The van der Waals surface area contributed by atoms with Crippen LogP contribution in [0.5, 0.6) is 0 Å². The number of hydrogen-bond donors (Lipinski definition) is 2. The summed E-state index contributed by atoms with van der Waals surface area (Å²) in [6, 6.07) is 3.85. The highest BCUT2D eigenvalue weighted by Crippen LogP contribution is 1.91. The van der Waals surface area contributed by atoms with Gasteiger partial charge in [0, 0.05) is 26.3 Å². The highest BCUT2D eigenvalue weighted by molar-refractivity contribution is 5.77. The molecular formula is C10H15N5O. The third-order valence-corrected chi connectivity index (χ3v) is 1.92. The number of rotatable bonds is 6. The number of aromatic nitrogens is 2. The van der Waals surface area contributed by atoms with Crippen molar-refractivity contribution in [3.05, 3.63) is 18.0 Å². The third-order valence-electron chi connectivity index (χ3n) is 1.92. The van der Waals surface area contributed by atoms with Crippen LogP contribution >= 0.6 is 0 Å². The molecule has 86 valence electrons. The maximum atomic E-state index is 11.2. The zero-order valence-corrected chi connectivity index (χ0v) is 9.23. The molecule has 16 heavy (non-hydrogen) atoms. The normalized spacial score (nSPS) is 9.75. The van der Waals surface area contributed by atoms with Gasteiger partial charge in [0.05, 0.1) is 24.7 Å². The predicted molar refractivity (Wildman–Crippen MR) is 58.2 cm³/mol. The average Bonchev–Trinajstić information content (AvgIpc) is 2.65. The lowest BCUT2D eigenvalue weighted by Gasteiger charge is -2.03. The van der Waals surface area contributed by atoms with E-state index in [-0.39, 0.29) is 12.5 Å². The van der Waals surface area contributed by atoms with E-state index in [1.54, 1.807) is 4.68 Å². The van der Waals surface area contributed by atoms with E-state index < -0.39 is 0 Å². The van der Waals surface area contributed by atoms with Crippen LogP contribution in [0.25, 0.3) is 0 Å². The first-order valence-corrected chi connectivity index (χ1v) is 5.05. The first kappa shape index (κ1) is 12.2. The van der Waals surface area contributed by atoms with Gasteiger partial charge in [0.1, 0.15) is 0 Å². The number of nitriles is 1. The first-order chi connectivity index (χ1) is 7.72. The Hall–Kier alpha value is -1.87. The molecule has 0 fully saturated rings. The minimum absolute atomic E-state index is 0.105. The highest BCUT2D eigenvalue weighted by Gasteiger charge is 2.00. The smallest absolute Gasteiger partial charge is 0.234 e. The fraction of sp³-hybridized carbons (Fsp3) is 0.500. The number of carbonyl (C=O) groups is 1. The second kappa shape index (κ2) is 6.58. The first-order valence-electron chi connectivity index (χ1n) is 5.05. The lowest BCUT2D eigenvalue weighted by molar-refractivity contribution is -0.120. The summed E-state index contributed by atoms with van der Waals surface area (Å²) in [4.78, 5) is 11.2. The molecule has 1 aromatic heterocycles. The van der Waals surface area contributed by atoms with Crippen molar-refractivity contribution in [2.24, 2.45) is 7.05 Å². The zero-order valence-electron chi connectivity index (χ0n) is 9.23. The van der Waals surface area contributed by atoms with Crippen LogP contribution < -0.4 is 10.6 Å². The van der Waals surface area contributed by atoms with Crippen molar-refractivity contribution in [1.29, 1.82) is 5.26 Å². The van der Waals surface area contributed by atoms with Gasteiger partial charge in [0.2, 0.25) is 5.91 Å². The van der Waals surface area contributed by atoms with E-state index in [1.165, 1.54) is 0 Å². The molecule has 0 spiro atoms. The quantitative estimate of drug-likeness (QED) is 0.637. The van der Waals surface area contributed by atoms with E-state index in [1.807, 2.05) is 25.4 Å². The summed E-state index contributed by atoms with van der Waals surface area (Å²) < 4.78 is 1.71. The molecule has 0 radical (unpaired) electrons. The lowest BCUT2D eigenvalue weighted by atomic mass is 10.4. The van der Waals surface area contributed by atoms with E-state index in [0.717, 1.165) is 5.69 Å². The van der Waals surface area contributed by atoms with Crippen LogP contribution in [0.2, 0.25) is 0 Å². The van der Waals surface area contributed by atoms with Gasteiger partial charge in [-0.25, -0.2) is 0 Å². The van der Waals surface area contributed by atoms with Crippen molar-refractivity contribution in [2.45, 2.75) is 13.0 Å². The minimum Gasteiger partial charge on any atom is -0.354 e. The molecule has 2 N–H and O–H groups in total. The van der Waals surface area contributed by atoms with Crippen LogP contribution in [-0.2, 0) is 18.4 Å². The Labute approximate surface area is 94.2 Å². The fourth-order valence-electron chi connectivity index (χ4n) is 1.18. The topological polar surface area (TPSA) is 82.7 Å². The van der Waals surface area contributed by atoms with Gasteiger partial charge < -0.3 is 10.6 Å². The summed E-state index contributed by atoms with van der Waals surface area (Å²) in [6.07, 6.45) is 2.19. The SMILES string of the molecule is Cn1ccc(CNCC(=O)NCCC#N)n1. The van der Waals surface area contributed by atoms with E-state index in [4.69, 9.17) is 5.26 Å². The monoisotopic (exact) mass is 221 g/mol. The maximum absolute atomic E-state index is 11.2. The minimum atomic E-state index is -0.105. The number of hydrogen-bond acceptors (Lipinski definition) is 4. The number of amides is 1. The fourth-order valence-corrected chi connectivity index (χ4v) is 1.18. The van der Waals surface area contributed by atoms with E-state index in [2.05, 4.69) is 15.7 Å². The summed E-state index contributed by atoms with van der Waals surface area (Å²) in [7, 11) is 1.85. The molecule has 0 atom stereocenters. The third kappa shape index (κ3) is 4.57. The highest BCUT2D eigenvalue weighted by atomic mass is 16.1. The molecular weight excluding hydrogens is 206 g/mol. The molecule has 0 saturated heterocycles. The van der Waals surface area contributed by atoms with Gasteiger partial charge in [-0.3, -0.25) is 9.48 Å². The predicted octanol–water partition coefficient (Wildman–Crippen LogP) is -0.460. The Balaban J connectivity index is 2.11. The molecule has 0 aliphatic heterocycles. The largest absolute Gasteiger partial charge is 0.354 e. The van der Waals surface area contributed by atoms with Crippen molar-refractivity contribution >= 4 is 5.91 Å². The molecule has 0 unspecified atom stereocenters. The summed E-state index contributed by atoms with van der Waals surface area (Å²) in [5.74, 6) is -0.105. The molecule has 6 nitrogen and oxygen atoms in total. The van der Waals surface area contributed by atoms with Gasteiger partial charge in [-0.2, -0.15) is 10.4 Å². The molecule has 1 heterocycles. The van der Waals surface area contributed by atoms with E-state index in [0.29, 0.717) is 19.5 Å². The van der Waals surface area contributed by atoms with Gasteiger partial charge in [-0.1, -0.05) is 0 Å². The second-order valence-corrected chi connectivity index (χ2v) is 3.34. The van der Waals surface area contributed by atoms with Gasteiger partial charge >= 0.3 is 0 Å². The molecule has 1 amide bonds. The summed E-state index contributed by atoms with van der Waals surface area (Å²) in [5, 5.41) is 18.0. The van der Waals surface area contributed by atoms with Crippen LogP contribution in [-0.4, -0.2) is 28.8 Å². The van der Waals surface area contributed by atoms with Crippen molar-refractivity contribution in [1.82, 2.24) is 20.4 Å². The van der Waals surface area contributed by atoms with Gasteiger partial charge in [-0.15, -0.1) is 0 Å². The molecule has 0 aromatic carbocycles. The van der Waals surface area contributed by atoms with Crippen molar-refractivity contribution in [3.8, 4) is 6.07 Å². The summed E-state index contributed by atoms with van der Waals surface area (Å²) in [6.45, 7) is 1.20. The average molecular weight is 221 g/mol. The second-order valence-electron chi connectivity index (χ2n) is 3.34. The molecule has 1 aromatic rings. The standard InChI is InChI=1S/C10H15N5O/c1-15-6-3-9(14-15)7-12-8-10(16)13-5-2-4-11/h3,6,12H,2,5,7-8H2,1H3,(H,13,16). The van der Waals surface area contributed by atoms with Crippen molar-refractivity contribution in [2.75, 3.05) is 13.1 Å². The van der Waals surface area contributed by atoms with Crippen molar-refractivity contribution in [3.63, 3.8) is 0 Å². The molecule has 0 bridgehead atoms. The molecule has 1 rings (SSSR count). The summed E-state index contributed by atoms with van der Waals surface area (Å²) in [5.41, 5.74) is 0.896. The molecule has 0 aliphatic carbocycles. The van der Waals surface area contributed by atoms with Gasteiger partial charge in [0.15, 0.2) is 0 Å². The zero-order chi connectivity index (χ0) is 11.8. The number of carbonyl (C=O) groups excluding carboxylic acids is 1. The molecule has 0 saturated carbocycles. The van der Waals surface area contributed by atoms with Gasteiger partial charge in [-0.05, 0) is 6.07 Å². The van der Waals surface area contributed by atoms with Crippen LogP contribution in [0.15, 0.2) is 12.3 Å². The maximum Gasteiger partial charge on any atom is 0.234 e. The Morgan fingerprint density at radius 3 is 3.12 bits per heavy atom. The van der Waals surface area contributed by atoms with Crippen LogP contribution in [0, 0.1) is 11.3 Å². The van der Waals surface area contributed by atoms with Crippen molar-refractivity contribution < 1.29 is 4.79 Å². The lowest BCUT2D eigenvalue weighted by Crippen LogP contribution is -2.34. The Morgan fingerprint density at radius 1 is 1.69 bits per heavy atom. The number of nitrogens with one attached hydrogen (secondary N) is 2. The molecule has 6 heteroatoms. The van der Waals surface area contributed by atoms with Gasteiger partial charge in [0.25, 0.3) is 0 Å².